The molecule has 5 nitrogen and oxygen atoms in total. The molecule has 0 bridgehead atoms. The Morgan fingerprint density at radius 2 is 2.00 bits per heavy atom. The smallest absolute Gasteiger partial charge is 0.227 e. The van der Waals surface area contributed by atoms with E-state index in [0.717, 1.165) is 0 Å². The second-order valence-electron chi connectivity index (χ2n) is 4.20. The number of ketones is 1. The average molecular weight is 248 g/mol. The maximum absolute atomic E-state index is 11.7. The Balaban J connectivity index is 2.72. The van der Waals surface area contributed by atoms with Crippen LogP contribution in [0, 0.1) is 5.92 Å². The van der Waals surface area contributed by atoms with E-state index in [2.05, 4.69) is 5.32 Å². The van der Waals surface area contributed by atoms with Gasteiger partial charge in [0.15, 0.2) is 5.78 Å². The predicted octanol–water partition coefficient (Wildman–Crippen LogP) is 1.34. The predicted molar refractivity (Wildman–Crippen MR) is 68.1 cm³/mol. The molecule has 0 aliphatic carbocycles. The summed E-state index contributed by atoms with van der Waals surface area (Å²) in [6, 6.07) is 6.63. The number of carbonyl (C=O) groups is 3. The molecule has 1 atom stereocenters. The number of anilines is 1. The summed E-state index contributed by atoms with van der Waals surface area (Å²) < 4.78 is 0. The minimum Gasteiger partial charge on any atom is -0.370 e. The molecule has 2 amide bonds. The van der Waals surface area contributed by atoms with Crippen molar-refractivity contribution in [2.45, 2.75) is 20.3 Å². The SMILES string of the molecule is CC(=O)c1cccc(NC(=O)C(C)CC(N)=O)c1. The van der Waals surface area contributed by atoms with Crippen LogP contribution in [0.1, 0.15) is 30.6 Å². The van der Waals surface area contributed by atoms with Gasteiger partial charge in [0.25, 0.3) is 0 Å². The summed E-state index contributed by atoms with van der Waals surface area (Å²) in [5.74, 6) is -1.38. The lowest BCUT2D eigenvalue weighted by Gasteiger charge is -2.10. The van der Waals surface area contributed by atoms with Crippen LogP contribution in [-0.2, 0) is 9.59 Å². The summed E-state index contributed by atoms with van der Waals surface area (Å²) in [6.07, 6.45) is -0.00175. The average Bonchev–Trinajstić information content (AvgIpc) is 2.28. The Morgan fingerprint density at radius 3 is 2.56 bits per heavy atom. The van der Waals surface area contributed by atoms with Crippen molar-refractivity contribution in [3.8, 4) is 0 Å². The van der Waals surface area contributed by atoms with Crippen LogP contribution in [-0.4, -0.2) is 17.6 Å². The van der Waals surface area contributed by atoms with Gasteiger partial charge >= 0.3 is 0 Å². The van der Waals surface area contributed by atoms with Gasteiger partial charge in [-0.15, -0.1) is 0 Å². The van der Waals surface area contributed by atoms with E-state index in [1.165, 1.54) is 6.92 Å². The van der Waals surface area contributed by atoms with Gasteiger partial charge in [0.1, 0.15) is 0 Å². The highest BCUT2D eigenvalue weighted by Crippen LogP contribution is 2.13. The molecule has 1 aromatic rings. The zero-order valence-corrected chi connectivity index (χ0v) is 10.4. The van der Waals surface area contributed by atoms with E-state index < -0.39 is 11.8 Å². The third-order valence-corrected chi connectivity index (χ3v) is 2.49. The van der Waals surface area contributed by atoms with Crippen molar-refractivity contribution < 1.29 is 14.4 Å². The van der Waals surface area contributed by atoms with Gasteiger partial charge in [-0.1, -0.05) is 19.1 Å². The van der Waals surface area contributed by atoms with E-state index in [9.17, 15) is 14.4 Å². The van der Waals surface area contributed by atoms with Gasteiger partial charge in [0.2, 0.25) is 11.8 Å². The third kappa shape index (κ3) is 4.01. The second kappa shape index (κ2) is 5.95. The Bertz CT molecular complexity index is 483. The largest absolute Gasteiger partial charge is 0.370 e. The fraction of sp³-hybridized carbons (Fsp3) is 0.308. The zero-order chi connectivity index (χ0) is 13.7. The van der Waals surface area contributed by atoms with E-state index in [1.807, 2.05) is 0 Å². The topological polar surface area (TPSA) is 89.3 Å². The van der Waals surface area contributed by atoms with Crippen molar-refractivity contribution in [1.82, 2.24) is 0 Å². The first-order chi connectivity index (χ1) is 8.40. The molecule has 0 aliphatic rings. The van der Waals surface area contributed by atoms with E-state index in [1.54, 1.807) is 31.2 Å². The molecule has 0 spiro atoms. The number of primary amides is 1. The first-order valence-electron chi connectivity index (χ1n) is 5.60. The molecule has 18 heavy (non-hydrogen) atoms. The zero-order valence-electron chi connectivity index (χ0n) is 10.4. The van der Waals surface area contributed by atoms with Gasteiger partial charge in [-0.05, 0) is 19.1 Å². The molecule has 0 heterocycles. The summed E-state index contributed by atoms with van der Waals surface area (Å²) >= 11 is 0. The number of nitrogens with one attached hydrogen (secondary N) is 1. The van der Waals surface area contributed by atoms with Crippen LogP contribution in [0.3, 0.4) is 0 Å². The van der Waals surface area contributed by atoms with Gasteiger partial charge in [-0.3, -0.25) is 14.4 Å². The first kappa shape index (κ1) is 13.9. The van der Waals surface area contributed by atoms with Crippen LogP contribution in [0.25, 0.3) is 0 Å². The molecule has 0 saturated heterocycles. The summed E-state index contributed by atoms with van der Waals surface area (Å²) in [7, 11) is 0. The molecule has 1 aromatic carbocycles. The minimum atomic E-state index is -0.518. The van der Waals surface area contributed by atoms with E-state index in [4.69, 9.17) is 5.73 Å². The Labute approximate surface area is 105 Å². The standard InChI is InChI=1S/C13H16N2O3/c1-8(6-12(14)17)13(18)15-11-5-3-4-10(7-11)9(2)16/h3-5,7-8H,6H2,1-2H3,(H2,14,17)(H,15,18). The fourth-order valence-corrected chi connectivity index (χ4v) is 1.48. The monoisotopic (exact) mass is 248 g/mol. The maximum atomic E-state index is 11.7. The van der Waals surface area contributed by atoms with Gasteiger partial charge in [-0.25, -0.2) is 0 Å². The number of rotatable bonds is 5. The summed E-state index contributed by atoms with van der Waals surface area (Å²) in [5, 5.41) is 2.64. The number of hydrogen-bond acceptors (Lipinski definition) is 3. The molecule has 0 radical (unpaired) electrons. The van der Waals surface area contributed by atoms with Crippen LogP contribution in [0.4, 0.5) is 5.69 Å². The number of nitrogens with two attached hydrogens (primary N) is 1. The number of amides is 2. The third-order valence-electron chi connectivity index (χ3n) is 2.49. The van der Waals surface area contributed by atoms with Crippen LogP contribution < -0.4 is 11.1 Å². The number of Topliss-reactive ketones (excluding diaryl/α,β-unsaturated/α-hetero) is 1. The number of benzene rings is 1. The van der Waals surface area contributed by atoms with E-state index in [0.29, 0.717) is 11.3 Å². The van der Waals surface area contributed by atoms with Crippen LogP contribution in [0.15, 0.2) is 24.3 Å². The fourth-order valence-electron chi connectivity index (χ4n) is 1.48. The Hall–Kier alpha value is -2.17. The van der Waals surface area contributed by atoms with Crippen molar-refractivity contribution in [3.05, 3.63) is 29.8 Å². The molecule has 0 aromatic heterocycles. The lowest BCUT2D eigenvalue weighted by molar-refractivity contribution is -0.125. The molecule has 1 unspecified atom stereocenters. The highest BCUT2D eigenvalue weighted by atomic mass is 16.2. The van der Waals surface area contributed by atoms with Gasteiger partial charge in [0, 0.05) is 23.6 Å². The molecule has 0 saturated carbocycles. The highest BCUT2D eigenvalue weighted by Gasteiger charge is 2.15. The van der Waals surface area contributed by atoms with Crippen LogP contribution >= 0.6 is 0 Å². The summed E-state index contributed by atoms with van der Waals surface area (Å²) in [6.45, 7) is 3.07. The number of hydrogen-bond donors (Lipinski definition) is 2. The van der Waals surface area contributed by atoms with Crippen LogP contribution in [0.5, 0.6) is 0 Å². The molecule has 1 rings (SSSR count). The number of carbonyl (C=O) groups excluding carboxylic acids is 3. The molecule has 96 valence electrons. The van der Waals surface area contributed by atoms with Crippen molar-refractivity contribution in [1.29, 1.82) is 0 Å². The van der Waals surface area contributed by atoms with E-state index >= 15 is 0 Å². The lowest BCUT2D eigenvalue weighted by Crippen LogP contribution is -2.25. The molecule has 0 aliphatic heterocycles. The lowest BCUT2D eigenvalue weighted by atomic mass is 10.1. The molecular formula is C13H16N2O3. The molecule has 3 N–H and O–H groups in total. The Kier molecular flexibility index (Phi) is 4.59. The molecular weight excluding hydrogens is 232 g/mol. The quantitative estimate of drug-likeness (QED) is 0.770. The Morgan fingerprint density at radius 1 is 1.33 bits per heavy atom. The minimum absolute atomic E-state index is 0.00175. The van der Waals surface area contributed by atoms with E-state index in [-0.39, 0.29) is 18.1 Å². The van der Waals surface area contributed by atoms with Crippen molar-refractivity contribution >= 4 is 23.3 Å². The van der Waals surface area contributed by atoms with Crippen molar-refractivity contribution in [3.63, 3.8) is 0 Å². The second-order valence-corrected chi connectivity index (χ2v) is 4.20. The van der Waals surface area contributed by atoms with Gasteiger partial charge in [-0.2, -0.15) is 0 Å². The molecule has 5 heteroatoms. The summed E-state index contributed by atoms with van der Waals surface area (Å²) in [5.41, 5.74) is 6.08. The van der Waals surface area contributed by atoms with Crippen molar-refractivity contribution in [2.24, 2.45) is 11.7 Å². The summed E-state index contributed by atoms with van der Waals surface area (Å²) in [4.78, 5) is 33.6. The first-order valence-corrected chi connectivity index (χ1v) is 5.60. The normalized spacial score (nSPS) is 11.7. The molecule has 0 fully saturated rings. The van der Waals surface area contributed by atoms with Crippen molar-refractivity contribution in [2.75, 3.05) is 5.32 Å². The van der Waals surface area contributed by atoms with Gasteiger partial charge in [0.05, 0.1) is 0 Å². The van der Waals surface area contributed by atoms with Crippen LogP contribution in [0.2, 0.25) is 0 Å². The maximum Gasteiger partial charge on any atom is 0.227 e. The van der Waals surface area contributed by atoms with Gasteiger partial charge < -0.3 is 11.1 Å². The highest BCUT2D eigenvalue weighted by molar-refractivity contribution is 5.98.